The molecular formula is C27H32N2O5. The van der Waals surface area contributed by atoms with Crippen LogP contribution in [-0.2, 0) is 14.3 Å². The van der Waals surface area contributed by atoms with E-state index in [-0.39, 0.29) is 12.5 Å². The van der Waals surface area contributed by atoms with Crippen molar-refractivity contribution in [3.8, 4) is 11.1 Å². The smallest absolute Gasteiger partial charge is 0.408 e. The van der Waals surface area contributed by atoms with Crippen LogP contribution in [-0.4, -0.2) is 40.8 Å². The van der Waals surface area contributed by atoms with Gasteiger partial charge in [0, 0.05) is 5.92 Å². The number of carbonyl (C=O) groups is 3. The number of hydrogen-bond acceptors (Lipinski definition) is 4. The number of hydrogen-bond donors (Lipinski definition) is 3. The summed E-state index contributed by atoms with van der Waals surface area (Å²) in [6, 6.07) is 16.2. The molecule has 1 saturated carbocycles. The van der Waals surface area contributed by atoms with Gasteiger partial charge in [0.2, 0.25) is 5.91 Å². The van der Waals surface area contributed by atoms with Gasteiger partial charge in [-0.1, -0.05) is 75.2 Å². The first-order valence-electron chi connectivity index (χ1n) is 12.0. The number of aliphatic carboxylic acids is 1. The molecule has 4 rings (SSSR count). The number of alkyl carbamates (subject to hydrolysis) is 1. The maximum absolute atomic E-state index is 13.3. The minimum absolute atomic E-state index is 0.0848. The Balaban J connectivity index is 1.47. The minimum atomic E-state index is -1.27. The van der Waals surface area contributed by atoms with Crippen molar-refractivity contribution in [3.05, 3.63) is 59.7 Å². The van der Waals surface area contributed by atoms with Gasteiger partial charge in [-0.25, -0.2) is 9.59 Å². The Morgan fingerprint density at radius 2 is 1.50 bits per heavy atom. The topological polar surface area (TPSA) is 105 Å². The second-order valence-corrected chi connectivity index (χ2v) is 9.29. The molecule has 7 nitrogen and oxygen atoms in total. The van der Waals surface area contributed by atoms with Crippen LogP contribution in [0.2, 0.25) is 0 Å². The van der Waals surface area contributed by atoms with Crippen molar-refractivity contribution in [1.82, 2.24) is 10.6 Å². The lowest BCUT2D eigenvalue weighted by atomic mass is 9.89. The average Bonchev–Trinajstić information content (AvgIpc) is 3.45. The molecule has 3 N–H and O–H groups in total. The van der Waals surface area contributed by atoms with Crippen LogP contribution in [0.1, 0.15) is 69.4 Å². The Labute approximate surface area is 199 Å². The molecule has 0 saturated heterocycles. The first kappa shape index (κ1) is 23.8. The molecule has 7 heteroatoms. The zero-order valence-corrected chi connectivity index (χ0v) is 19.7. The van der Waals surface area contributed by atoms with Gasteiger partial charge < -0.3 is 20.5 Å². The molecule has 2 amide bonds. The Morgan fingerprint density at radius 1 is 0.971 bits per heavy atom. The Kier molecular flexibility index (Phi) is 6.64. The molecule has 2 aliphatic carbocycles. The van der Waals surface area contributed by atoms with E-state index in [0.29, 0.717) is 25.7 Å². The van der Waals surface area contributed by atoms with Crippen LogP contribution in [0.15, 0.2) is 48.5 Å². The molecule has 0 aromatic heterocycles. The maximum Gasteiger partial charge on any atom is 0.408 e. The molecule has 0 atom stereocenters. The van der Waals surface area contributed by atoms with Crippen molar-refractivity contribution >= 4 is 18.0 Å². The van der Waals surface area contributed by atoms with E-state index >= 15 is 0 Å². The summed E-state index contributed by atoms with van der Waals surface area (Å²) in [5, 5.41) is 15.3. The molecule has 0 spiro atoms. The van der Waals surface area contributed by atoms with Crippen molar-refractivity contribution in [2.24, 2.45) is 0 Å². The fourth-order valence-corrected chi connectivity index (χ4v) is 5.34. The fraction of sp³-hybridized carbons (Fsp3) is 0.444. The second-order valence-electron chi connectivity index (χ2n) is 9.29. The van der Waals surface area contributed by atoms with Gasteiger partial charge in [-0.05, 0) is 47.9 Å². The number of rotatable bonds is 8. The molecule has 2 aromatic rings. The molecular weight excluding hydrogens is 432 g/mol. The molecule has 34 heavy (non-hydrogen) atoms. The van der Waals surface area contributed by atoms with Gasteiger partial charge in [0.1, 0.15) is 17.7 Å². The van der Waals surface area contributed by atoms with E-state index in [9.17, 15) is 19.5 Å². The molecule has 2 aliphatic rings. The number of fused-ring (bicyclic) bond motifs is 3. The zero-order chi connectivity index (χ0) is 24.3. The quantitative estimate of drug-likeness (QED) is 0.530. The highest BCUT2D eigenvalue weighted by Gasteiger charge is 2.47. The molecule has 0 aliphatic heterocycles. The maximum atomic E-state index is 13.3. The first-order valence-corrected chi connectivity index (χ1v) is 12.0. The number of ether oxygens (including phenoxy) is 1. The van der Waals surface area contributed by atoms with Crippen molar-refractivity contribution < 1.29 is 24.2 Å². The van der Waals surface area contributed by atoms with Crippen molar-refractivity contribution in [3.63, 3.8) is 0 Å². The van der Waals surface area contributed by atoms with Gasteiger partial charge in [0.05, 0.1) is 0 Å². The Hall–Kier alpha value is -3.35. The summed E-state index contributed by atoms with van der Waals surface area (Å²) in [5.41, 5.74) is 1.98. The van der Waals surface area contributed by atoms with E-state index in [2.05, 4.69) is 22.8 Å². The standard InChI is InChI=1S/C27H32N2O5/c1-3-26(4-2,23(30)28-27(24(31)32)15-9-10-16-27)29-25(33)34-17-22-20-13-7-5-11-18(20)19-12-6-8-14-21(19)22/h5-8,11-14,22H,3-4,9-10,15-17H2,1-2H3,(H,28,30)(H,29,33)(H,31,32). The van der Waals surface area contributed by atoms with Crippen LogP contribution in [0.4, 0.5) is 4.79 Å². The lowest BCUT2D eigenvalue weighted by Crippen LogP contribution is -2.64. The van der Waals surface area contributed by atoms with Gasteiger partial charge >= 0.3 is 12.1 Å². The molecule has 0 bridgehead atoms. The third-order valence-corrected chi connectivity index (χ3v) is 7.55. The van der Waals surface area contributed by atoms with Crippen LogP contribution >= 0.6 is 0 Å². The molecule has 180 valence electrons. The molecule has 0 unspecified atom stereocenters. The fourth-order valence-electron chi connectivity index (χ4n) is 5.34. The Morgan fingerprint density at radius 3 is 2.00 bits per heavy atom. The van der Waals surface area contributed by atoms with E-state index in [0.717, 1.165) is 35.1 Å². The van der Waals surface area contributed by atoms with E-state index in [1.165, 1.54) is 0 Å². The summed E-state index contributed by atoms with van der Waals surface area (Å²) < 4.78 is 5.65. The van der Waals surface area contributed by atoms with E-state index in [4.69, 9.17) is 4.74 Å². The summed E-state index contributed by atoms with van der Waals surface area (Å²) in [4.78, 5) is 38.1. The van der Waals surface area contributed by atoms with Crippen LogP contribution in [0.25, 0.3) is 11.1 Å². The number of amides is 2. The van der Waals surface area contributed by atoms with Crippen LogP contribution in [0, 0.1) is 0 Å². The zero-order valence-electron chi connectivity index (χ0n) is 19.7. The van der Waals surface area contributed by atoms with Gasteiger partial charge in [0.15, 0.2) is 0 Å². The lowest BCUT2D eigenvalue weighted by Gasteiger charge is -2.35. The number of carboxylic acids is 1. The van der Waals surface area contributed by atoms with Gasteiger partial charge in [-0.2, -0.15) is 0 Å². The van der Waals surface area contributed by atoms with Crippen molar-refractivity contribution in [2.75, 3.05) is 6.61 Å². The van der Waals surface area contributed by atoms with Crippen LogP contribution < -0.4 is 10.6 Å². The highest BCUT2D eigenvalue weighted by molar-refractivity contribution is 5.94. The third kappa shape index (κ3) is 4.15. The summed E-state index contributed by atoms with van der Waals surface area (Å²) in [5.74, 6) is -1.59. The van der Waals surface area contributed by atoms with Gasteiger partial charge in [-0.15, -0.1) is 0 Å². The minimum Gasteiger partial charge on any atom is -0.480 e. The molecule has 1 fully saturated rings. The normalized spacial score (nSPS) is 16.4. The Bertz CT molecular complexity index is 1040. The molecule has 0 heterocycles. The highest BCUT2D eigenvalue weighted by Crippen LogP contribution is 2.44. The molecule has 2 aromatic carbocycles. The highest BCUT2D eigenvalue weighted by atomic mass is 16.5. The van der Waals surface area contributed by atoms with E-state index < -0.39 is 29.0 Å². The van der Waals surface area contributed by atoms with Crippen molar-refractivity contribution in [1.29, 1.82) is 0 Å². The summed E-state index contributed by atoms with van der Waals surface area (Å²) in [6.07, 6.45) is 2.22. The predicted octanol–water partition coefficient (Wildman–Crippen LogP) is 4.60. The monoisotopic (exact) mass is 464 g/mol. The number of carboxylic acid groups (broad SMARTS) is 1. The first-order chi connectivity index (χ1) is 16.4. The number of benzene rings is 2. The predicted molar refractivity (Wildman–Crippen MR) is 128 cm³/mol. The van der Waals surface area contributed by atoms with Gasteiger partial charge in [0.25, 0.3) is 0 Å². The third-order valence-electron chi connectivity index (χ3n) is 7.55. The van der Waals surface area contributed by atoms with Crippen LogP contribution in [0.5, 0.6) is 0 Å². The largest absolute Gasteiger partial charge is 0.480 e. The summed E-state index contributed by atoms with van der Waals surface area (Å²) in [7, 11) is 0. The van der Waals surface area contributed by atoms with Crippen LogP contribution in [0.3, 0.4) is 0 Å². The number of carbonyl (C=O) groups excluding carboxylic acids is 2. The summed E-state index contributed by atoms with van der Waals surface area (Å²) in [6.45, 7) is 3.74. The van der Waals surface area contributed by atoms with E-state index in [1.54, 1.807) is 13.8 Å². The molecule has 0 radical (unpaired) electrons. The van der Waals surface area contributed by atoms with E-state index in [1.807, 2.05) is 36.4 Å². The van der Waals surface area contributed by atoms with Crippen molar-refractivity contribution in [2.45, 2.75) is 69.4 Å². The lowest BCUT2D eigenvalue weighted by molar-refractivity contribution is -0.148. The summed E-state index contributed by atoms with van der Waals surface area (Å²) >= 11 is 0. The SMILES string of the molecule is CCC(CC)(NC(=O)OCC1c2ccccc2-c2ccccc21)C(=O)NC1(C(=O)O)CCCC1. The second kappa shape index (κ2) is 9.49. The van der Waals surface area contributed by atoms with Gasteiger partial charge in [-0.3, -0.25) is 4.79 Å². The average molecular weight is 465 g/mol. The number of nitrogens with one attached hydrogen (secondary N) is 2.